The molecule has 2 aromatic carbocycles. The van der Waals surface area contributed by atoms with Gasteiger partial charge in [0.25, 0.3) is 0 Å². The lowest BCUT2D eigenvalue weighted by molar-refractivity contribution is -0.255. The number of benzene rings is 2. The fraction of sp³-hybridized carbons (Fsp3) is 0.0526. The zero-order valence-electron chi connectivity index (χ0n) is 13.9. The predicted octanol–water partition coefficient (Wildman–Crippen LogP) is 2.23. The van der Waals surface area contributed by atoms with E-state index < -0.39 is 5.97 Å². The standard InChI is InChI=1S/C19H15N5O2/c1-12-2-8-15(9-3-12)24-18-16(10-22-24)17(20-11-21-18)23-14-6-4-13(5-7-14)19(25)26/h2-11H,1H3,(H,25,26)(H,20,21,23)/p-1. The van der Waals surface area contributed by atoms with Crippen molar-refractivity contribution >= 4 is 28.5 Å². The number of hydrogen-bond acceptors (Lipinski definition) is 6. The maximum absolute atomic E-state index is 10.8. The number of carboxylic acid groups (broad SMARTS) is 1. The van der Waals surface area contributed by atoms with Crippen LogP contribution in [0.15, 0.2) is 61.1 Å². The molecule has 0 atom stereocenters. The van der Waals surface area contributed by atoms with Gasteiger partial charge in [-0.2, -0.15) is 5.10 Å². The summed E-state index contributed by atoms with van der Waals surface area (Å²) in [6.45, 7) is 2.03. The molecule has 0 spiro atoms. The zero-order chi connectivity index (χ0) is 18.1. The minimum atomic E-state index is -1.21. The SMILES string of the molecule is Cc1ccc(-n2ncc3c(Nc4ccc(C(=O)[O-])cc4)ncnc32)cc1. The first-order valence-corrected chi connectivity index (χ1v) is 7.96. The molecule has 0 fully saturated rings. The van der Waals surface area contributed by atoms with E-state index in [4.69, 9.17) is 0 Å². The molecule has 4 rings (SSSR count). The maximum Gasteiger partial charge on any atom is 0.168 e. The summed E-state index contributed by atoms with van der Waals surface area (Å²) in [4.78, 5) is 19.5. The molecule has 0 saturated carbocycles. The van der Waals surface area contributed by atoms with Gasteiger partial charge in [0.2, 0.25) is 0 Å². The van der Waals surface area contributed by atoms with Crippen LogP contribution in [-0.2, 0) is 0 Å². The van der Waals surface area contributed by atoms with Gasteiger partial charge >= 0.3 is 0 Å². The van der Waals surface area contributed by atoms with Crippen molar-refractivity contribution in [2.24, 2.45) is 0 Å². The second-order valence-corrected chi connectivity index (χ2v) is 5.84. The van der Waals surface area contributed by atoms with E-state index in [2.05, 4.69) is 20.4 Å². The van der Waals surface area contributed by atoms with Crippen LogP contribution in [0.3, 0.4) is 0 Å². The van der Waals surface area contributed by atoms with Crippen molar-refractivity contribution in [1.29, 1.82) is 0 Å². The van der Waals surface area contributed by atoms with E-state index in [1.165, 1.54) is 24.0 Å². The predicted molar refractivity (Wildman–Crippen MR) is 95.5 cm³/mol. The summed E-state index contributed by atoms with van der Waals surface area (Å²) in [6, 6.07) is 14.3. The Morgan fingerprint density at radius 3 is 2.46 bits per heavy atom. The summed E-state index contributed by atoms with van der Waals surface area (Å²) in [5, 5.41) is 19.2. The zero-order valence-corrected chi connectivity index (χ0v) is 13.9. The Hall–Kier alpha value is -3.74. The van der Waals surface area contributed by atoms with E-state index >= 15 is 0 Å². The summed E-state index contributed by atoms with van der Waals surface area (Å²) in [6.07, 6.45) is 3.17. The monoisotopic (exact) mass is 344 g/mol. The number of hydrogen-bond donors (Lipinski definition) is 1. The van der Waals surface area contributed by atoms with Crippen LogP contribution in [0, 0.1) is 6.92 Å². The van der Waals surface area contributed by atoms with Crippen LogP contribution in [0.2, 0.25) is 0 Å². The minimum Gasteiger partial charge on any atom is -0.545 e. The molecule has 7 heteroatoms. The molecule has 0 amide bonds. The van der Waals surface area contributed by atoms with Crippen LogP contribution in [0.4, 0.5) is 11.5 Å². The van der Waals surface area contributed by atoms with Crippen molar-refractivity contribution in [2.75, 3.05) is 5.32 Å². The second-order valence-electron chi connectivity index (χ2n) is 5.84. The first kappa shape index (κ1) is 15.8. The Labute approximate surface area is 149 Å². The number of fused-ring (bicyclic) bond motifs is 1. The summed E-state index contributed by atoms with van der Waals surface area (Å²) in [5.74, 6) is -0.616. The Morgan fingerprint density at radius 1 is 1.04 bits per heavy atom. The van der Waals surface area contributed by atoms with Crippen LogP contribution in [0.5, 0.6) is 0 Å². The number of rotatable bonds is 4. The Morgan fingerprint density at radius 2 is 1.77 bits per heavy atom. The van der Waals surface area contributed by atoms with Crippen LogP contribution < -0.4 is 10.4 Å². The molecular weight excluding hydrogens is 330 g/mol. The van der Waals surface area contributed by atoms with Crippen molar-refractivity contribution in [2.45, 2.75) is 6.92 Å². The van der Waals surface area contributed by atoms with Gasteiger partial charge in [-0.1, -0.05) is 29.8 Å². The molecular formula is C19H14N5O2-. The lowest BCUT2D eigenvalue weighted by atomic mass is 10.2. The van der Waals surface area contributed by atoms with E-state index in [0.29, 0.717) is 17.2 Å². The van der Waals surface area contributed by atoms with E-state index in [9.17, 15) is 9.90 Å². The van der Waals surface area contributed by atoms with Gasteiger partial charge in [0.05, 0.1) is 23.2 Å². The molecule has 0 saturated heterocycles. The average Bonchev–Trinajstić information content (AvgIpc) is 3.08. The van der Waals surface area contributed by atoms with E-state index in [-0.39, 0.29) is 5.56 Å². The average molecular weight is 344 g/mol. The van der Waals surface area contributed by atoms with Gasteiger partial charge in [-0.3, -0.25) is 0 Å². The number of carbonyl (C=O) groups excluding carboxylic acids is 1. The smallest absolute Gasteiger partial charge is 0.168 e. The first-order chi connectivity index (χ1) is 12.6. The van der Waals surface area contributed by atoms with Gasteiger partial charge in [0.15, 0.2) is 5.65 Å². The highest BCUT2D eigenvalue weighted by Crippen LogP contribution is 2.24. The van der Waals surface area contributed by atoms with Crippen molar-refractivity contribution in [3.8, 4) is 5.69 Å². The molecule has 26 heavy (non-hydrogen) atoms. The number of carboxylic acids is 1. The molecule has 128 valence electrons. The second kappa shape index (κ2) is 6.29. The van der Waals surface area contributed by atoms with Crippen molar-refractivity contribution < 1.29 is 9.90 Å². The topological polar surface area (TPSA) is 95.8 Å². The van der Waals surface area contributed by atoms with Gasteiger partial charge in [-0.25, -0.2) is 14.6 Å². The highest BCUT2D eigenvalue weighted by molar-refractivity contribution is 5.90. The summed E-state index contributed by atoms with van der Waals surface area (Å²) >= 11 is 0. The first-order valence-electron chi connectivity index (χ1n) is 7.96. The largest absolute Gasteiger partial charge is 0.545 e. The Balaban J connectivity index is 1.70. The summed E-state index contributed by atoms with van der Waals surface area (Å²) < 4.78 is 1.75. The van der Waals surface area contributed by atoms with Gasteiger partial charge in [0, 0.05) is 5.69 Å². The molecule has 4 aromatic rings. The lowest BCUT2D eigenvalue weighted by Gasteiger charge is -2.08. The molecule has 0 radical (unpaired) electrons. The third-order valence-electron chi connectivity index (χ3n) is 4.03. The third-order valence-corrected chi connectivity index (χ3v) is 4.03. The quantitative estimate of drug-likeness (QED) is 0.610. The van der Waals surface area contributed by atoms with E-state index in [1.54, 1.807) is 23.0 Å². The molecule has 0 aliphatic heterocycles. The molecule has 7 nitrogen and oxygen atoms in total. The molecule has 2 heterocycles. The number of carbonyl (C=O) groups is 1. The molecule has 0 aliphatic rings. The van der Waals surface area contributed by atoms with Gasteiger partial charge in [-0.05, 0) is 36.8 Å². The Kier molecular flexibility index (Phi) is 3.81. The highest BCUT2D eigenvalue weighted by atomic mass is 16.4. The van der Waals surface area contributed by atoms with Crippen molar-refractivity contribution in [1.82, 2.24) is 19.7 Å². The number of aryl methyl sites for hydroxylation is 1. The molecule has 0 unspecified atom stereocenters. The summed E-state index contributed by atoms with van der Waals surface area (Å²) in [7, 11) is 0. The number of nitrogens with zero attached hydrogens (tertiary/aromatic N) is 4. The van der Waals surface area contributed by atoms with Gasteiger partial charge < -0.3 is 15.2 Å². The number of aromatic nitrogens is 4. The fourth-order valence-corrected chi connectivity index (χ4v) is 2.64. The lowest BCUT2D eigenvalue weighted by Crippen LogP contribution is -2.21. The Bertz CT molecular complexity index is 1090. The minimum absolute atomic E-state index is 0.121. The number of anilines is 2. The maximum atomic E-state index is 10.8. The van der Waals surface area contributed by atoms with Gasteiger partial charge in [-0.15, -0.1) is 0 Å². The van der Waals surface area contributed by atoms with Gasteiger partial charge in [0.1, 0.15) is 12.1 Å². The number of nitrogens with one attached hydrogen (secondary N) is 1. The van der Waals surface area contributed by atoms with Crippen LogP contribution in [-0.4, -0.2) is 25.7 Å². The number of aromatic carboxylic acids is 1. The fourth-order valence-electron chi connectivity index (χ4n) is 2.64. The van der Waals surface area contributed by atoms with Crippen LogP contribution in [0.25, 0.3) is 16.7 Å². The summed E-state index contributed by atoms with van der Waals surface area (Å²) in [5.41, 5.74) is 3.59. The van der Waals surface area contributed by atoms with Crippen LogP contribution >= 0.6 is 0 Å². The van der Waals surface area contributed by atoms with Crippen molar-refractivity contribution in [3.63, 3.8) is 0 Å². The molecule has 0 aliphatic carbocycles. The van der Waals surface area contributed by atoms with Crippen LogP contribution in [0.1, 0.15) is 15.9 Å². The highest BCUT2D eigenvalue weighted by Gasteiger charge is 2.11. The van der Waals surface area contributed by atoms with E-state index in [0.717, 1.165) is 11.1 Å². The molecule has 0 bridgehead atoms. The third kappa shape index (κ3) is 2.86. The normalized spacial score (nSPS) is 10.8. The van der Waals surface area contributed by atoms with Crippen molar-refractivity contribution in [3.05, 3.63) is 72.2 Å². The molecule has 1 N–H and O–H groups in total. The van der Waals surface area contributed by atoms with E-state index in [1.807, 2.05) is 31.2 Å². The molecule has 2 aromatic heterocycles.